The van der Waals surface area contributed by atoms with Gasteiger partial charge in [0.15, 0.2) is 17.0 Å². The van der Waals surface area contributed by atoms with E-state index in [9.17, 15) is 0 Å². The molecule has 1 aliphatic carbocycles. The third kappa shape index (κ3) is 7.54. The van der Waals surface area contributed by atoms with Gasteiger partial charge < -0.3 is 20.3 Å². The Bertz CT molecular complexity index is 1210. The molecule has 2 saturated heterocycles. The van der Waals surface area contributed by atoms with Crippen LogP contribution in [-0.2, 0) is 17.8 Å². The van der Waals surface area contributed by atoms with Gasteiger partial charge in [-0.3, -0.25) is 9.25 Å². The van der Waals surface area contributed by atoms with Gasteiger partial charge in [-0.1, -0.05) is 69.4 Å². The Labute approximate surface area is 243 Å². The van der Waals surface area contributed by atoms with Crippen LogP contribution in [0, 0.1) is 5.92 Å². The van der Waals surface area contributed by atoms with Crippen molar-refractivity contribution in [2.45, 2.75) is 109 Å². The summed E-state index contributed by atoms with van der Waals surface area (Å²) in [7, 11) is 0. The molecule has 1 unspecified atom stereocenters. The maximum absolute atomic E-state index is 6.07. The highest BCUT2D eigenvalue weighted by Crippen LogP contribution is 2.30. The number of nitrogens with zero attached hydrogens (tertiary/aromatic N) is 8. The number of aromatic nitrogens is 7. The molecule has 1 saturated carbocycles. The Morgan fingerprint density at radius 3 is 2.61 bits per heavy atom. The number of nitrogens with one attached hydrogen (secondary N) is 2. The van der Waals surface area contributed by atoms with E-state index in [1.165, 1.54) is 64.2 Å². The number of piperazine rings is 1. The Kier molecular flexibility index (Phi) is 9.95. The normalized spacial score (nSPS) is 20.6. The molecule has 2 N–H and O–H groups in total. The van der Waals surface area contributed by atoms with Crippen LogP contribution in [0.4, 0.5) is 11.8 Å². The number of aryl methyl sites for hydroxylation is 1. The summed E-state index contributed by atoms with van der Waals surface area (Å²) in [4.78, 5) is 16.9. The molecular weight excluding hydrogens is 516 g/mol. The first-order valence-electron chi connectivity index (χ1n) is 16.3. The van der Waals surface area contributed by atoms with Crippen LogP contribution in [0.2, 0.25) is 0 Å². The van der Waals surface area contributed by atoms with Crippen molar-refractivity contribution in [3.05, 3.63) is 18.2 Å². The first-order valence-corrected chi connectivity index (χ1v) is 16.3. The lowest BCUT2D eigenvalue weighted by Crippen LogP contribution is -2.44. The quantitative estimate of drug-likeness (QED) is 0.275. The summed E-state index contributed by atoms with van der Waals surface area (Å²) in [5, 5.41) is 15.7. The highest BCUT2D eigenvalue weighted by molar-refractivity contribution is 5.84. The second-order valence-corrected chi connectivity index (χ2v) is 12.1. The summed E-state index contributed by atoms with van der Waals surface area (Å²) in [6.45, 7) is 5.87. The number of fused-ring (bicyclic) bond motifs is 1. The van der Waals surface area contributed by atoms with Crippen molar-refractivity contribution in [2.75, 3.05) is 43.0 Å². The van der Waals surface area contributed by atoms with Crippen LogP contribution in [0.25, 0.3) is 11.2 Å². The molecule has 3 aromatic heterocycles. The fourth-order valence-electron chi connectivity index (χ4n) is 6.60. The van der Waals surface area contributed by atoms with E-state index in [1.807, 2.05) is 11.0 Å². The molecule has 5 heterocycles. The fraction of sp³-hybridized carbons (Fsp3) is 0.767. The predicted octanol–water partition coefficient (Wildman–Crippen LogP) is 5.06. The fourth-order valence-corrected chi connectivity index (χ4v) is 6.60. The zero-order valence-electron chi connectivity index (χ0n) is 24.6. The van der Waals surface area contributed by atoms with Crippen LogP contribution >= 0.6 is 0 Å². The molecule has 11 nitrogen and oxygen atoms in total. The molecule has 41 heavy (non-hydrogen) atoms. The highest BCUT2D eigenvalue weighted by Gasteiger charge is 2.23. The third-order valence-electron chi connectivity index (χ3n) is 9.02. The van der Waals surface area contributed by atoms with Crippen LogP contribution in [0.5, 0.6) is 0 Å². The van der Waals surface area contributed by atoms with E-state index in [0.717, 1.165) is 99.6 Å². The van der Waals surface area contributed by atoms with Gasteiger partial charge in [-0.05, 0) is 31.6 Å². The highest BCUT2D eigenvalue weighted by atomic mass is 16.5. The van der Waals surface area contributed by atoms with E-state index >= 15 is 0 Å². The largest absolute Gasteiger partial charge is 0.362 e. The molecule has 0 aromatic carbocycles. The van der Waals surface area contributed by atoms with Crippen LogP contribution < -0.4 is 15.5 Å². The third-order valence-corrected chi connectivity index (χ3v) is 9.02. The van der Waals surface area contributed by atoms with Crippen LogP contribution in [-0.4, -0.2) is 67.3 Å². The van der Waals surface area contributed by atoms with Gasteiger partial charge in [-0.2, -0.15) is 9.97 Å². The number of hydrogen-bond acceptors (Lipinski definition) is 9. The summed E-state index contributed by atoms with van der Waals surface area (Å²) < 4.78 is 10.1. The van der Waals surface area contributed by atoms with E-state index in [-0.39, 0.29) is 6.23 Å². The van der Waals surface area contributed by atoms with Crippen molar-refractivity contribution in [1.82, 2.24) is 39.8 Å². The number of unbranched alkanes of at least 4 members (excludes halogenated alkanes) is 4. The molecule has 11 heteroatoms. The van der Waals surface area contributed by atoms with Crippen LogP contribution in [0.3, 0.4) is 0 Å². The van der Waals surface area contributed by atoms with Gasteiger partial charge >= 0.3 is 0 Å². The summed E-state index contributed by atoms with van der Waals surface area (Å²) in [5.74, 6) is 2.49. The minimum Gasteiger partial charge on any atom is -0.362 e. The minimum atomic E-state index is -0.0239. The summed E-state index contributed by atoms with van der Waals surface area (Å²) in [5.41, 5.74) is 2.50. The van der Waals surface area contributed by atoms with Crippen molar-refractivity contribution >= 4 is 22.9 Å². The molecule has 0 radical (unpaired) electrons. The van der Waals surface area contributed by atoms with E-state index in [4.69, 9.17) is 19.7 Å². The lowest BCUT2D eigenvalue weighted by atomic mass is 9.85. The summed E-state index contributed by atoms with van der Waals surface area (Å²) in [6.07, 6.45) is 22.4. The summed E-state index contributed by atoms with van der Waals surface area (Å²) >= 11 is 0. The number of hydrogen-bond donors (Lipinski definition) is 2. The number of ether oxygens (including phenoxy) is 1. The van der Waals surface area contributed by atoms with Crippen LogP contribution in [0.1, 0.15) is 102 Å². The van der Waals surface area contributed by atoms with E-state index in [1.54, 1.807) is 0 Å². The van der Waals surface area contributed by atoms with Gasteiger partial charge in [0.05, 0.1) is 19.1 Å². The molecule has 0 amide bonds. The maximum Gasteiger partial charge on any atom is 0.229 e. The second-order valence-electron chi connectivity index (χ2n) is 12.1. The molecule has 6 rings (SSSR count). The summed E-state index contributed by atoms with van der Waals surface area (Å²) in [6, 6.07) is 0. The number of imidazole rings is 1. The number of rotatable bonds is 13. The first kappa shape index (κ1) is 28.3. The van der Waals surface area contributed by atoms with Gasteiger partial charge in [0.2, 0.25) is 5.95 Å². The Hall–Kier alpha value is -2.79. The predicted molar refractivity (Wildman–Crippen MR) is 161 cm³/mol. The van der Waals surface area contributed by atoms with Gasteiger partial charge in [0.1, 0.15) is 11.9 Å². The van der Waals surface area contributed by atoms with E-state index in [2.05, 4.69) is 36.6 Å². The van der Waals surface area contributed by atoms with E-state index in [0.29, 0.717) is 6.54 Å². The van der Waals surface area contributed by atoms with Crippen LogP contribution in [0.15, 0.2) is 12.5 Å². The smallest absolute Gasteiger partial charge is 0.229 e. The zero-order chi connectivity index (χ0) is 27.7. The van der Waals surface area contributed by atoms with E-state index < -0.39 is 0 Å². The molecule has 0 bridgehead atoms. The maximum atomic E-state index is 6.07. The first-order chi connectivity index (χ1) is 20.3. The molecule has 3 aliphatic rings. The van der Waals surface area contributed by atoms with Crippen molar-refractivity contribution in [2.24, 2.45) is 5.92 Å². The Balaban J connectivity index is 1.03. The molecule has 1 atom stereocenters. The molecule has 3 aromatic rings. The lowest BCUT2D eigenvalue weighted by Gasteiger charge is -2.28. The minimum absolute atomic E-state index is 0.0239. The lowest BCUT2D eigenvalue weighted by molar-refractivity contribution is -0.0298. The molecule has 2 aliphatic heterocycles. The second kappa shape index (κ2) is 14.4. The SMILES string of the molecule is c1c(CNc2nc(N3CCNCC3)nc3c2ncn3C2CCCCO2)nnn1CCCCCCCC1CCCCC1. The standard InChI is InChI=1S/C30H48N10O/c1(2-5-11-24-12-6-4-7-13-24)3-9-17-39-22-25(36-37-39)21-32-28-27-29(35-30(34-28)38-18-15-31-16-19-38)40(23-33-27)26-14-8-10-20-41-26/h22-24,26,31H,1-21H2,(H,32,34,35). The van der Waals surface area contributed by atoms with Gasteiger partial charge in [-0.15, -0.1) is 5.10 Å². The Morgan fingerprint density at radius 2 is 1.76 bits per heavy atom. The zero-order valence-corrected chi connectivity index (χ0v) is 24.6. The average molecular weight is 565 g/mol. The molecular formula is C30H48N10O. The average Bonchev–Trinajstić information content (AvgIpc) is 3.68. The number of anilines is 2. The van der Waals surface area contributed by atoms with Crippen molar-refractivity contribution < 1.29 is 4.74 Å². The van der Waals surface area contributed by atoms with Gasteiger partial charge in [-0.25, -0.2) is 4.98 Å². The van der Waals surface area contributed by atoms with Crippen molar-refractivity contribution in [3.8, 4) is 0 Å². The molecule has 3 fully saturated rings. The van der Waals surface area contributed by atoms with Gasteiger partial charge in [0.25, 0.3) is 0 Å². The van der Waals surface area contributed by atoms with Gasteiger partial charge in [0, 0.05) is 39.3 Å². The van der Waals surface area contributed by atoms with Crippen molar-refractivity contribution in [3.63, 3.8) is 0 Å². The van der Waals surface area contributed by atoms with Crippen molar-refractivity contribution in [1.29, 1.82) is 0 Å². The topological polar surface area (TPSA) is 111 Å². The Morgan fingerprint density at radius 1 is 0.927 bits per heavy atom. The molecule has 224 valence electrons. The monoisotopic (exact) mass is 564 g/mol. The molecule has 0 spiro atoms.